The first-order chi connectivity index (χ1) is 20.6. The minimum Gasteiger partial charge on any atom is -0.355 e. The first-order valence-electron chi connectivity index (χ1n) is 13.5. The first kappa shape index (κ1) is 32.4. The summed E-state index contributed by atoms with van der Waals surface area (Å²) in [6.07, 6.45) is 0.197. The average Bonchev–Trinajstić information content (AvgIpc) is 3.00. The van der Waals surface area contributed by atoms with Crippen LogP contribution in [0.15, 0.2) is 108 Å². The molecule has 2 amide bonds. The third kappa shape index (κ3) is 8.30. The van der Waals surface area contributed by atoms with Gasteiger partial charge in [-0.25, -0.2) is 8.42 Å². The molecule has 0 aliphatic heterocycles. The highest BCUT2D eigenvalue weighted by molar-refractivity contribution is 7.92. The van der Waals surface area contributed by atoms with Crippen LogP contribution in [0, 0.1) is 0 Å². The zero-order valence-corrected chi connectivity index (χ0v) is 26.4. The van der Waals surface area contributed by atoms with Gasteiger partial charge >= 0.3 is 0 Å². The zero-order valence-electron chi connectivity index (χ0n) is 23.3. The number of halogens is 3. The van der Waals surface area contributed by atoms with E-state index in [1.165, 1.54) is 23.1 Å². The number of nitrogens with one attached hydrogen (secondary N) is 1. The Morgan fingerprint density at radius 2 is 1.47 bits per heavy atom. The van der Waals surface area contributed by atoms with Gasteiger partial charge in [-0.05, 0) is 60.5 Å². The van der Waals surface area contributed by atoms with Crippen molar-refractivity contribution in [2.24, 2.45) is 0 Å². The summed E-state index contributed by atoms with van der Waals surface area (Å²) in [6, 6.07) is 27.3. The van der Waals surface area contributed by atoms with Gasteiger partial charge in [-0.3, -0.25) is 13.9 Å². The van der Waals surface area contributed by atoms with Crippen LogP contribution in [0.25, 0.3) is 0 Å². The lowest BCUT2D eigenvalue weighted by Gasteiger charge is -2.34. The number of hydrogen-bond acceptors (Lipinski definition) is 4. The molecule has 4 rings (SSSR count). The van der Waals surface area contributed by atoms with E-state index in [-0.39, 0.29) is 34.5 Å². The number of rotatable bonds is 12. The highest BCUT2D eigenvalue weighted by Crippen LogP contribution is 2.28. The van der Waals surface area contributed by atoms with Crippen LogP contribution >= 0.6 is 34.8 Å². The predicted molar refractivity (Wildman–Crippen MR) is 172 cm³/mol. The maximum atomic E-state index is 14.3. The molecule has 0 saturated carbocycles. The molecule has 0 radical (unpaired) electrons. The second-order valence-electron chi connectivity index (χ2n) is 9.67. The van der Waals surface area contributed by atoms with E-state index in [1.54, 1.807) is 61.5 Å². The number of amides is 2. The minimum absolute atomic E-state index is 0.00312. The molecule has 0 aromatic heterocycles. The Morgan fingerprint density at radius 3 is 2.09 bits per heavy atom. The van der Waals surface area contributed by atoms with Crippen molar-refractivity contribution < 1.29 is 18.0 Å². The largest absolute Gasteiger partial charge is 0.355 e. The summed E-state index contributed by atoms with van der Waals surface area (Å²) in [5, 5.41) is 3.76. The summed E-state index contributed by atoms with van der Waals surface area (Å²) in [7, 11) is -4.21. The molecule has 43 heavy (non-hydrogen) atoms. The zero-order chi connectivity index (χ0) is 31.0. The Morgan fingerprint density at radius 1 is 0.791 bits per heavy atom. The van der Waals surface area contributed by atoms with E-state index in [9.17, 15) is 18.0 Å². The van der Waals surface area contributed by atoms with Crippen LogP contribution in [-0.2, 0) is 32.6 Å². The maximum Gasteiger partial charge on any atom is 0.264 e. The monoisotopic (exact) mass is 657 g/mol. The highest BCUT2D eigenvalue weighted by atomic mass is 35.5. The van der Waals surface area contributed by atoms with Crippen molar-refractivity contribution in [3.63, 3.8) is 0 Å². The Labute approximate surface area is 267 Å². The van der Waals surface area contributed by atoms with E-state index in [0.717, 1.165) is 9.87 Å². The number of sulfonamides is 1. The molecule has 0 fully saturated rings. The van der Waals surface area contributed by atoms with Gasteiger partial charge in [0.15, 0.2) is 0 Å². The first-order valence-corrected chi connectivity index (χ1v) is 16.1. The standard InChI is InChI=1S/C32H30Cl3N3O4S/c1-2-36-32(40)30(19-23-10-5-3-6-11-23)37(21-24-16-17-28(34)29(35)18-24)31(39)22-38(26-13-9-12-25(33)20-26)43(41,42)27-14-7-4-8-15-27/h3-18,20,30H,2,19,21-22H2,1H3,(H,36,40)/t30-/m1/s1. The third-order valence-corrected chi connectivity index (χ3v) is 9.43. The molecule has 0 bridgehead atoms. The number of hydrogen-bond donors (Lipinski definition) is 1. The molecule has 0 aliphatic rings. The molecule has 4 aromatic rings. The van der Waals surface area contributed by atoms with E-state index in [1.807, 2.05) is 30.3 Å². The van der Waals surface area contributed by atoms with Crippen LogP contribution in [0.5, 0.6) is 0 Å². The Balaban J connectivity index is 1.80. The van der Waals surface area contributed by atoms with Crippen LogP contribution in [0.2, 0.25) is 15.1 Å². The predicted octanol–water partition coefficient (Wildman–Crippen LogP) is 6.62. The van der Waals surface area contributed by atoms with Crippen LogP contribution < -0.4 is 9.62 Å². The van der Waals surface area contributed by atoms with Crippen molar-refractivity contribution in [2.45, 2.75) is 30.8 Å². The SMILES string of the molecule is CCNC(=O)[C@@H](Cc1ccccc1)N(Cc1ccc(Cl)c(Cl)c1)C(=O)CN(c1cccc(Cl)c1)S(=O)(=O)c1ccccc1. The molecule has 0 spiro atoms. The number of benzene rings is 4. The van der Waals surface area contributed by atoms with Gasteiger partial charge in [-0.2, -0.15) is 0 Å². The fraction of sp³-hybridized carbons (Fsp3) is 0.188. The molecule has 7 nitrogen and oxygen atoms in total. The van der Waals surface area contributed by atoms with Crippen LogP contribution in [0.3, 0.4) is 0 Å². The van der Waals surface area contributed by atoms with E-state index >= 15 is 0 Å². The van der Waals surface area contributed by atoms with Crippen molar-refractivity contribution in [1.29, 1.82) is 0 Å². The van der Waals surface area contributed by atoms with Gasteiger partial charge < -0.3 is 10.2 Å². The molecule has 11 heteroatoms. The van der Waals surface area contributed by atoms with Gasteiger partial charge in [-0.15, -0.1) is 0 Å². The number of nitrogens with zero attached hydrogens (tertiary/aromatic N) is 2. The van der Waals surface area contributed by atoms with Crippen LogP contribution in [0.1, 0.15) is 18.1 Å². The van der Waals surface area contributed by atoms with Gasteiger partial charge in [0.2, 0.25) is 11.8 Å². The minimum atomic E-state index is -4.21. The smallest absolute Gasteiger partial charge is 0.264 e. The number of carbonyl (C=O) groups excluding carboxylic acids is 2. The lowest BCUT2D eigenvalue weighted by molar-refractivity contribution is -0.140. The maximum absolute atomic E-state index is 14.3. The number of likely N-dealkylation sites (N-methyl/N-ethyl adjacent to an activating group) is 1. The van der Waals surface area contributed by atoms with Crippen molar-refractivity contribution in [2.75, 3.05) is 17.4 Å². The van der Waals surface area contributed by atoms with Gasteiger partial charge in [-0.1, -0.05) is 95.5 Å². The van der Waals surface area contributed by atoms with Crippen molar-refractivity contribution in [3.8, 4) is 0 Å². The van der Waals surface area contributed by atoms with Gasteiger partial charge in [0.05, 0.1) is 20.6 Å². The third-order valence-electron chi connectivity index (χ3n) is 6.67. The lowest BCUT2D eigenvalue weighted by Crippen LogP contribution is -2.53. The molecule has 1 N–H and O–H groups in total. The summed E-state index contributed by atoms with van der Waals surface area (Å²) in [6.45, 7) is 1.51. The van der Waals surface area contributed by atoms with E-state index in [2.05, 4.69) is 5.32 Å². The summed E-state index contributed by atoms with van der Waals surface area (Å²) in [5.41, 5.74) is 1.65. The summed E-state index contributed by atoms with van der Waals surface area (Å²) in [5.74, 6) is -0.974. The Hall–Kier alpha value is -3.56. The van der Waals surface area contributed by atoms with Gasteiger partial charge in [0.1, 0.15) is 12.6 Å². The lowest BCUT2D eigenvalue weighted by atomic mass is 10.0. The van der Waals surface area contributed by atoms with E-state index in [4.69, 9.17) is 34.8 Å². The van der Waals surface area contributed by atoms with Crippen molar-refractivity contribution in [1.82, 2.24) is 10.2 Å². The molecule has 0 saturated heterocycles. The van der Waals surface area contributed by atoms with Crippen molar-refractivity contribution in [3.05, 3.63) is 129 Å². The molecule has 4 aromatic carbocycles. The molecule has 0 unspecified atom stereocenters. The number of carbonyl (C=O) groups is 2. The topological polar surface area (TPSA) is 86.8 Å². The summed E-state index contributed by atoms with van der Waals surface area (Å²) >= 11 is 18.7. The summed E-state index contributed by atoms with van der Waals surface area (Å²) < 4.78 is 28.9. The van der Waals surface area contributed by atoms with Gasteiger partial charge in [0, 0.05) is 24.5 Å². The second-order valence-corrected chi connectivity index (χ2v) is 12.8. The quantitative estimate of drug-likeness (QED) is 0.185. The fourth-order valence-corrected chi connectivity index (χ4v) is 6.49. The fourth-order valence-electron chi connectivity index (χ4n) is 4.56. The molecule has 0 heterocycles. The van der Waals surface area contributed by atoms with Crippen LogP contribution in [-0.4, -0.2) is 44.3 Å². The van der Waals surface area contributed by atoms with Crippen LogP contribution in [0.4, 0.5) is 5.69 Å². The number of anilines is 1. The molecule has 1 atom stereocenters. The Kier molecular flexibility index (Phi) is 11.1. The second kappa shape index (κ2) is 14.8. The Bertz CT molecular complexity index is 1670. The van der Waals surface area contributed by atoms with E-state index in [0.29, 0.717) is 22.2 Å². The molecular formula is C32H30Cl3N3O4S. The van der Waals surface area contributed by atoms with Crippen molar-refractivity contribution >= 4 is 62.3 Å². The molecule has 224 valence electrons. The van der Waals surface area contributed by atoms with Gasteiger partial charge in [0.25, 0.3) is 10.0 Å². The molecular weight excluding hydrogens is 629 g/mol. The highest BCUT2D eigenvalue weighted by Gasteiger charge is 2.34. The normalized spacial score (nSPS) is 11.9. The summed E-state index contributed by atoms with van der Waals surface area (Å²) in [4.78, 5) is 29.2. The molecule has 0 aliphatic carbocycles. The average molecular weight is 659 g/mol. The van der Waals surface area contributed by atoms with E-state index < -0.39 is 28.5 Å².